The zero-order valence-electron chi connectivity index (χ0n) is 63.5. The van der Waals surface area contributed by atoms with Crippen LogP contribution in [0.4, 0.5) is 0 Å². The van der Waals surface area contributed by atoms with E-state index < -0.39 is 49.2 Å². The molecule has 0 aliphatic carbocycles. The van der Waals surface area contributed by atoms with E-state index in [4.69, 9.17) is 12.6 Å². The number of unbranched alkanes of at least 4 members (excludes halogenated alkanes) is 10. The third-order valence-electron chi connectivity index (χ3n) is 21.2. The molecule has 0 aliphatic rings. The summed E-state index contributed by atoms with van der Waals surface area (Å²) < 4.78 is 0. The fourth-order valence-corrected chi connectivity index (χ4v) is 16.4. The van der Waals surface area contributed by atoms with Gasteiger partial charge < -0.3 is 30.6 Å². The van der Waals surface area contributed by atoms with Gasteiger partial charge in [0, 0.05) is 16.7 Å². The van der Waals surface area contributed by atoms with Crippen LogP contribution in [-0.4, -0.2) is 36.4 Å². The Morgan fingerprint density at radius 3 is 0.830 bits per heavy atom. The molecule has 0 fully saturated rings. The van der Waals surface area contributed by atoms with Crippen molar-refractivity contribution in [2.75, 3.05) is 5.75 Å². The molecule has 0 aromatic heterocycles. The normalized spacial score (nSPS) is 13.6. The molecule has 0 saturated carbocycles. The van der Waals surface area contributed by atoms with Gasteiger partial charge in [-0.05, 0) is 248 Å². The third-order valence-corrected chi connectivity index (χ3v) is 21.5. The molecule has 0 radical (unpaired) electrons. The van der Waals surface area contributed by atoms with Gasteiger partial charge >= 0.3 is 0 Å². The smallest absolute Gasteiger partial charge is 0.119 e. The number of phenols is 6. The number of hydrogen-bond donors (Lipinski definition) is 7. The molecule has 0 saturated heterocycles. The SMILES string of the molecule is CCCCCCCCCCCCC(CC(c1cc(C(C)(C)C)c(O)cc1C)(c1cc(C(C)(C)C)c(O)cc1C)C(c1cc(C(C)(C)C)c(O)cc1C)c1cc(C(C)(C)C)c(O)cc1C)C(CCCCS)(c1cc(C(C)(C)C)c(O)cc1C)c1cc(C(C)(C)C)c(O)cc1C. The zero-order chi connectivity index (χ0) is 70.8. The first-order chi connectivity index (χ1) is 43.3. The van der Waals surface area contributed by atoms with Crippen LogP contribution in [0.2, 0.25) is 0 Å². The van der Waals surface area contributed by atoms with Gasteiger partial charge in [0.05, 0.1) is 0 Å². The van der Waals surface area contributed by atoms with E-state index in [9.17, 15) is 30.6 Å². The van der Waals surface area contributed by atoms with Gasteiger partial charge in [-0.3, -0.25) is 0 Å². The van der Waals surface area contributed by atoms with Crippen LogP contribution in [0.3, 0.4) is 0 Å². The van der Waals surface area contributed by atoms with Crippen molar-refractivity contribution < 1.29 is 30.6 Å². The largest absolute Gasteiger partial charge is 0.508 e. The Morgan fingerprint density at radius 1 is 0.298 bits per heavy atom. The van der Waals surface area contributed by atoms with Gasteiger partial charge in [0.15, 0.2) is 0 Å². The molecule has 1 atom stereocenters. The van der Waals surface area contributed by atoms with Crippen LogP contribution >= 0.6 is 12.6 Å². The summed E-state index contributed by atoms with van der Waals surface area (Å²) in [5, 5.41) is 75.0. The minimum atomic E-state index is -1.14. The van der Waals surface area contributed by atoms with Crippen LogP contribution in [-0.2, 0) is 43.3 Å². The molecule has 0 spiro atoms. The van der Waals surface area contributed by atoms with Gasteiger partial charge in [-0.2, -0.15) is 12.6 Å². The summed E-state index contributed by atoms with van der Waals surface area (Å²) in [6, 6.07) is 26.0. The average molecular weight is 1300 g/mol. The number of rotatable bonds is 25. The highest BCUT2D eigenvalue weighted by Gasteiger charge is 2.54. The Hall–Kier alpha value is -5.53. The Morgan fingerprint density at radius 2 is 0.553 bits per heavy atom. The summed E-state index contributed by atoms with van der Waals surface area (Å²) >= 11 is 5.00. The second-order valence-electron chi connectivity index (χ2n) is 35.1. The molecule has 0 heterocycles. The third kappa shape index (κ3) is 16.9. The van der Waals surface area contributed by atoms with Gasteiger partial charge in [0.1, 0.15) is 34.5 Å². The van der Waals surface area contributed by atoms with Crippen molar-refractivity contribution in [3.05, 3.63) is 173 Å². The summed E-state index contributed by atoms with van der Waals surface area (Å²) in [5.74, 6) is 1.38. The lowest BCUT2D eigenvalue weighted by atomic mass is 9.50. The maximum Gasteiger partial charge on any atom is 0.119 e. The fraction of sp³-hybridized carbons (Fsp3) is 0.586. The predicted molar refractivity (Wildman–Crippen MR) is 405 cm³/mol. The van der Waals surface area contributed by atoms with E-state index in [0.717, 1.165) is 145 Å². The lowest BCUT2D eigenvalue weighted by Crippen LogP contribution is -2.47. The summed E-state index contributed by atoms with van der Waals surface area (Å²) in [7, 11) is 0. The molecule has 6 rings (SSSR count). The number of hydrogen-bond acceptors (Lipinski definition) is 7. The molecular formula is C87H128O6S. The average Bonchev–Trinajstić information content (AvgIpc) is 0.705. The first-order valence-corrected chi connectivity index (χ1v) is 36.6. The van der Waals surface area contributed by atoms with Crippen molar-refractivity contribution in [3.63, 3.8) is 0 Å². The predicted octanol–water partition coefficient (Wildman–Crippen LogP) is 24.1. The van der Waals surface area contributed by atoms with Crippen molar-refractivity contribution in [3.8, 4) is 34.5 Å². The first kappa shape index (κ1) is 77.5. The fourth-order valence-electron chi connectivity index (χ4n) is 16.2. The van der Waals surface area contributed by atoms with E-state index in [2.05, 4.69) is 209 Å². The van der Waals surface area contributed by atoms with Gasteiger partial charge in [-0.15, -0.1) is 0 Å². The van der Waals surface area contributed by atoms with Crippen LogP contribution in [0.5, 0.6) is 34.5 Å². The van der Waals surface area contributed by atoms with E-state index in [0.29, 0.717) is 12.2 Å². The van der Waals surface area contributed by atoms with E-state index in [1.54, 1.807) is 0 Å². The number of aromatic hydroxyl groups is 6. The van der Waals surface area contributed by atoms with Crippen LogP contribution in [0.1, 0.15) is 334 Å². The number of thiol groups is 1. The summed E-state index contributed by atoms with van der Waals surface area (Å²) in [5.41, 5.74) is 12.3. The molecule has 7 heteroatoms. The number of phenolic OH excluding ortho intramolecular Hbond substituents is 6. The van der Waals surface area contributed by atoms with Crippen LogP contribution in [0.25, 0.3) is 0 Å². The van der Waals surface area contributed by atoms with Crippen LogP contribution < -0.4 is 0 Å². The highest BCUT2D eigenvalue weighted by atomic mass is 32.1. The van der Waals surface area contributed by atoms with Crippen molar-refractivity contribution in [1.82, 2.24) is 0 Å². The topological polar surface area (TPSA) is 121 Å². The molecule has 6 aromatic rings. The molecule has 1 unspecified atom stereocenters. The molecule has 0 amide bonds. The standard InChI is InChI=1S/C87H128O6S/c1-26-27-28-29-30-31-32-33-34-35-38-60(86(39-36-37-40-94,63-49-69(82(14,15)16)75(90)43-56(63)4)64-50-70(83(17,18)19)76(91)44-57(64)5)53-87(65-51-71(84(20,21)22)77(92)45-58(65)6,66-52-72(85(23,24)25)78(93)46-59(66)7)79(61-47-67(80(8,9)10)73(88)41-54(61)2)62-48-68(81(11,12)13)74(89)42-55(62)3/h41-52,60,79,88-94H,26-40,53H2,1-25H3. The maximum atomic E-state index is 12.6. The van der Waals surface area contributed by atoms with Crippen molar-refractivity contribution in [1.29, 1.82) is 0 Å². The maximum absolute atomic E-state index is 12.6. The molecule has 6 aromatic carbocycles. The Bertz CT molecular complexity index is 3380. The highest BCUT2D eigenvalue weighted by molar-refractivity contribution is 7.80. The Kier molecular flexibility index (Phi) is 24.5. The summed E-state index contributed by atoms with van der Waals surface area (Å²) in [4.78, 5) is 0. The van der Waals surface area contributed by atoms with Gasteiger partial charge in [-0.1, -0.05) is 239 Å². The molecule has 6 N–H and O–H groups in total. The van der Waals surface area contributed by atoms with E-state index >= 15 is 0 Å². The zero-order valence-corrected chi connectivity index (χ0v) is 64.4. The van der Waals surface area contributed by atoms with E-state index in [-0.39, 0.29) is 40.4 Å². The van der Waals surface area contributed by atoms with E-state index in [1.807, 2.05) is 36.4 Å². The van der Waals surface area contributed by atoms with Crippen molar-refractivity contribution >= 4 is 12.6 Å². The summed E-state index contributed by atoms with van der Waals surface area (Å²) in [6.45, 7) is 54.7. The number of benzene rings is 6. The van der Waals surface area contributed by atoms with E-state index in [1.165, 1.54) is 44.9 Å². The van der Waals surface area contributed by atoms with Crippen LogP contribution in [0.15, 0.2) is 72.8 Å². The summed E-state index contributed by atoms with van der Waals surface area (Å²) in [6.07, 6.45) is 15.5. The van der Waals surface area contributed by atoms with Crippen LogP contribution in [0, 0.1) is 47.5 Å². The van der Waals surface area contributed by atoms with Gasteiger partial charge in [-0.25, -0.2) is 0 Å². The first-order valence-electron chi connectivity index (χ1n) is 36.0. The van der Waals surface area contributed by atoms with Crippen molar-refractivity contribution in [2.24, 2.45) is 5.92 Å². The van der Waals surface area contributed by atoms with Gasteiger partial charge in [0.2, 0.25) is 0 Å². The Labute approximate surface area is 577 Å². The molecule has 6 nitrogen and oxygen atoms in total. The molecule has 94 heavy (non-hydrogen) atoms. The minimum absolute atomic E-state index is 0.229. The molecule has 0 aliphatic heterocycles. The highest BCUT2D eigenvalue weighted by Crippen LogP contribution is 2.63. The molecule has 518 valence electrons. The van der Waals surface area contributed by atoms with Gasteiger partial charge in [0.25, 0.3) is 0 Å². The minimum Gasteiger partial charge on any atom is -0.508 e. The monoisotopic (exact) mass is 1300 g/mol. The quantitative estimate of drug-likeness (QED) is 0.0227. The Balaban J connectivity index is 2.11. The van der Waals surface area contributed by atoms with Crippen molar-refractivity contribution in [2.45, 2.75) is 319 Å². The second kappa shape index (κ2) is 29.7. The second-order valence-corrected chi connectivity index (χ2v) is 35.6. The molecule has 0 bridgehead atoms. The lowest BCUT2D eigenvalue weighted by molar-refractivity contribution is 0.202. The number of aryl methyl sites for hydroxylation is 6. The lowest BCUT2D eigenvalue weighted by Gasteiger charge is -2.53. The molecular weight excluding hydrogens is 1170 g/mol.